The molecular weight excluding hydrogens is 476 g/mol. The molecule has 0 aliphatic rings. The number of ether oxygens (including phenoxy) is 1. The van der Waals surface area contributed by atoms with Gasteiger partial charge in [-0.25, -0.2) is 0 Å². The summed E-state index contributed by atoms with van der Waals surface area (Å²) in [7, 11) is 1.34. The number of esters is 1. The van der Waals surface area contributed by atoms with Gasteiger partial charge in [-0.15, -0.1) is 0 Å². The van der Waals surface area contributed by atoms with Crippen molar-refractivity contribution in [3.8, 4) is 0 Å². The Labute approximate surface area is 191 Å². The van der Waals surface area contributed by atoms with Gasteiger partial charge in [0.25, 0.3) is 5.91 Å². The van der Waals surface area contributed by atoms with E-state index in [1.807, 2.05) is 78.9 Å². The van der Waals surface area contributed by atoms with Gasteiger partial charge in [0, 0.05) is 4.47 Å². The van der Waals surface area contributed by atoms with Crippen LogP contribution in [0.2, 0.25) is 0 Å². The average Bonchev–Trinajstić information content (AvgIpc) is 3.11. The van der Waals surface area contributed by atoms with E-state index in [4.69, 9.17) is 4.74 Å². The van der Waals surface area contributed by atoms with Gasteiger partial charge in [-0.05, 0) is 29.3 Å². The predicted octanol–water partition coefficient (Wildman–Crippen LogP) is 4.90. The Morgan fingerprint density at radius 2 is 1.61 bits per heavy atom. The molecule has 0 aliphatic carbocycles. The number of hydrogen-bond acceptors (Lipinski definition) is 4. The van der Waals surface area contributed by atoms with Crippen molar-refractivity contribution in [1.82, 2.24) is 4.57 Å². The molecule has 0 bridgehead atoms. The number of carbonyl (C=O) groups excluding carboxylic acids is 2. The Morgan fingerprint density at radius 3 is 2.19 bits per heavy atom. The number of methoxy groups -OCH3 is 1. The first-order chi connectivity index (χ1) is 15.1. The van der Waals surface area contributed by atoms with Crippen LogP contribution in [0.25, 0.3) is 10.2 Å². The standard InChI is InChI=1S/C24H19BrN2O3S/c1-30-21(28)15-27-19-13-12-18(25)14-20(19)31-24(27)26-23(29)22(16-8-4-2-5-9-16)17-10-6-3-7-11-17/h2-14,22H,15H2,1H3. The molecule has 0 saturated heterocycles. The number of aromatic nitrogens is 1. The molecule has 7 heteroatoms. The largest absolute Gasteiger partial charge is 0.468 e. The van der Waals surface area contributed by atoms with Gasteiger partial charge in [0.15, 0.2) is 4.80 Å². The molecule has 0 N–H and O–H groups in total. The molecule has 4 rings (SSSR count). The highest BCUT2D eigenvalue weighted by atomic mass is 79.9. The lowest BCUT2D eigenvalue weighted by atomic mass is 9.91. The number of halogens is 1. The van der Waals surface area contributed by atoms with E-state index in [9.17, 15) is 9.59 Å². The van der Waals surface area contributed by atoms with Crippen molar-refractivity contribution in [3.63, 3.8) is 0 Å². The third-order valence-corrected chi connectivity index (χ3v) is 6.41. The van der Waals surface area contributed by atoms with Crippen molar-refractivity contribution in [3.05, 3.63) is 99.3 Å². The summed E-state index contributed by atoms with van der Waals surface area (Å²) in [6, 6.07) is 24.9. The molecule has 4 aromatic rings. The zero-order valence-electron chi connectivity index (χ0n) is 16.7. The third-order valence-electron chi connectivity index (χ3n) is 4.88. The molecule has 0 aliphatic heterocycles. The molecule has 156 valence electrons. The molecule has 0 saturated carbocycles. The molecule has 1 aromatic heterocycles. The lowest BCUT2D eigenvalue weighted by Crippen LogP contribution is -2.24. The summed E-state index contributed by atoms with van der Waals surface area (Å²) in [4.78, 5) is 30.4. The molecule has 0 atom stereocenters. The fourth-order valence-electron chi connectivity index (χ4n) is 3.41. The summed E-state index contributed by atoms with van der Waals surface area (Å²) in [6.07, 6.45) is 0. The Hall–Kier alpha value is -3.03. The van der Waals surface area contributed by atoms with E-state index in [-0.39, 0.29) is 12.5 Å². The number of thiazole rings is 1. The number of nitrogens with zero attached hydrogens (tertiary/aromatic N) is 2. The highest BCUT2D eigenvalue weighted by molar-refractivity contribution is 9.10. The Kier molecular flexibility index (Phi) is 6.44. The number of carbonyl (C=O) groups is 2. The van der Waals surface area contributed by atoms with Crippen molar-refractivity contribution in [1.29, 1.82) is 0 Å². The van der Waals surface area contributed by atoms with Crippen LogP contribution in [0.15, 0.2) is 88.3 Å². The third kappa shape index (κ3) is 4.68. The van der Waals surface area contributed by atoms with E-state index >= 15 is 0 Å². The minimum atomic E-state index is -0.536. The molecule has 0 unspecified atom stereocenters. The van der Waals surface area contributed by atoms with Crippen molar-refractivity contribution in [2.75, 3.05) is 7.11 Å². The van der Waals surface area contributed by atoms with Gasteiger partial charge in [-0.2, -0.15) is 4.99 Å². The van der Waals surface area contributed by atoms with Gasteiger partial charge in [-0.3, -0.25) is 9.59 Å². The SMILES string of the molecule is COC(=O)Cn1c(=NC(=O)C(c2ccccc2)c2ccccc2)sc2cc(Br)ccc21. The number of amides is 1. The number of hydrogen-bond donors (Lipinski definition) is 0. The average molecular weight is 495 g/mol. The number of rotatable bonds is 5. The molecule has 5 nitrogen and oxygen atoms in total. The minimum absolute atomic E-state index is 0.0222. The Morgan fingerprint density at radius 1 is 1.00 bits per heavy atom. The van der Waals surface area contributed by atoms with Crippen molar-refractivity contribution >= 4 is 49.4 Å². The molecule has 0 fully saturated rings. The van der Waals surface area contributed by atoms with E-state index in [0.29, 0.717) is 4.80 Å². The van der Waals surface area contributed by atoms with Gasteiger partial charge in [0.1, 0.15) is 6.54 Å². The fraction of sp³-hybridized carbons (Fsp3) is 0.125. The molecule has 31 heavy (non-hydrogen) atoms. The number of fused-ring (bicyclic) bond motifs is 1. The van der Waals surface area contributed by atoms with Crippen molar-refractivity contribution in [2.24, 2.45) is 4.99 Å². The van der Waals surface area contributed by atoms with Gasteiger partial charge >= 0.3 is 5.97 Å². The fourth-order valence-corrected chi connectivity index (χ4v) is 4.99. The van der Waals surface area contributed by atoms with Crippen LogP contribution in [0.4, 0.5) is 0 Å². The smallest absolute Gasteiger partial charge is 0.325 e. The van der Waals surface area contributed by atoms with Crippen LogP contribution in [-0.4, -0.2) is 23.6 Å². The van der Waals surface area contributed by atoms with Gasteiger partial charge in [0.2, 0.25) is 0 Å². The number of benzene rings is 3. The summed E-state index contributed by atoms with van der Waals surface area (Å²) in [5.74, 6) is -1.23. The summed E-state index contributed by atoms with van der Waals surface area (Å²) < 4.78 is 8.41. The van der Waals surface area contributed by atoms with E-state index in [1.165, 1.54) is 18.4 Å². The maximum Gasteiger partial charge on any atom is 0.325 e. The molecular formula is C24H19BrN2O3S. The summed E-state index contributed by atoms with van der Waals surface area (Å²) >= 11 is 4.84. The van der Waals surface area contributed by atoms with E-state index in [0.717, 1.165) is 25.8 Å². The van der Waals surface area contributed by atoms with Gasteiger partial charge < -0.3 is 9.30 Å². The van der Waals surface area contributed by atoms with Crippen LogP contribution < -0.4 is 4.80 Å². The van der Waals surface area contributed by atoms with Crippen molar-refractivity contribution < 1.29 is 14.3 Å². The quantitative estimate of drug-likeness (QED) is 0.370. The molecule has 3 aromatic carbocycles. The first-order valence-electron chi connectivity index (χ1n) is 9.61. The topological polar surface area (TPSA) is 60.7 Å². The highest BCUT2D eigenvalue weighted by Crippen LogP contribution is 2.27. The van der Waals surface area contributed by atoms with E-state index in [2.05, 4.69) is 20.9 Å². The first kappa shape index (κ1) is 21.2. The highest BCUT2D eigenvalue weighted by Gasteiger charge is 2.23. The maximum atomic E-state index is 13.5. The van der Waals surface area contributed by atoms with Gasteiger partial charge in [0.05, 0.1) is 23.2 Å². The molecule has 0 radical (unpaired) electrons. The monoisotopic (exact) mass is 494 g/mol. The zero-order chi connectivity index (χ0) is 21.8. The maximum absolute atomic E-state index is 13.5. The van der Waals surface area contributed by atoms with Crippen molar-refractivity contribution in [2.45, 2.75) is 12.5 Å². The molecule has 1 heterocycles. The van der Waals surface area contributed by atoms with E-state index < -0.39 is 11.9 Å². The minimum Gasteiger partial charge on any atom is -0.468 e. The summed E-state index contributed by atoms with van der Waals surface area (Å²) in [5, 5.41) is 0. The lowest BCUT2D eigenvalue weighted by molar-refractivity contribution is -0.141. The van der Waals surface area contributed by atoms with Crippen LogP contribution in [0.3, 0.4) is 0 Å². The molecule has 0 spiro atoms. The second kappa shape index (κ2) is 9.41. The zero-order valence-corrected chi connectivity index (χ0v) is 19.1. The predicted molar refractivity (Wildman–Crippen MR) is 125 cm³/mol. The molecule has 1 amide bonds. The normalized spacial score (nSPS) is 11.8. The van der Waals surface area contributed by atoms with Crippen LogP contribution in [-0.2, 0) is 20.9 Å². The van der Waals surface area contributed by atoms with Crippen LogP contribution in [0, 0.1) is 0 Å². The van der Waals surface area contributed by atoms with Gasteiger partial charge in [-0.1, -0.05) is 87.9 Å². The summed E-state index contributed by atoms with van der Waals surface area (Å²) in [5.41, 5.74) is 2.55. The van der Waals surface area contributed by atoms with Crippen LogP contribution in [0.5, 0.6) is 0 Å². The Balaban J connectivity index is 1.86. The van der Waals surface area contributed by atoms with Crippen LogP contribution in [0.1, 0.15) is 17.0 Å². The first-order valence-corrected chi connectivity index (χ1v) is 11.2. The second-order valence-electron chi connectivity index (χ2n) is 6.86. The van der Waals surface area contributed by atoms with Crippen LogP contribution >= 0.6 is 27.3 Å². The van der Waals surface area contributed by atoms with E-state index in [1.54, 1.807) is 4.57 Å². The Bertz CT molecular complexity index is 1260. The summed E-state index contributed by atoms with van der Waals surface area (Å²) in [6.45, 7) is -0.0222. The second-order valence-corrected chi connectivity index (χ2v) is 8.79. The lowest BCUT2D eigenvalue weighted by Gasteiger charge is -2.14.